The Labute approximate surface area is 98.3 Å². The van der Waals surface area contributed by atoms with Gasteiger partial charge < -0.3 is 9.47 Å². The summed E-state index contributed by atoms with van der Waals surface area (Å²) in [5.74, 6) is -2.07. The molecule has 1 aromatic carbocycles. The van der Waals surface area contributed by atoms with Crippen LogP contribution in [0.4, 0.5) is 8.78 Å². The Morgan fingerprint density at radius 1 is 1.29 bits per heavy atom. The summed E-state index contributed by atoms with van der Waals surface area (Å²) in [7, 11) is 1.57. The maximum Gasteiger partial charge on any atom is 0.191 e. The lowest BCUT2D eigenvalue weighted by atomic mass is 10.1. The molecule has 0 aromatic heterocycles. The number of carbonyl (C=O) groups excluding carboxylic acids is 1. The van der Waals surface area contributed by atoms with Gasteiger partial charge in [-0.25, -0.2) is 8.78 Å². The Bertz CT molecular complexity index is 380. The van der Waals surface area contributed by atoms with E-state index in [0.29, 0.717) is 25.7 Å². The van der Waals surface area contributed by atoms with Crippen molar-refractivity contribution in [1.29, 1.82) is 0 Å². The molecule has 0 saturated carbocycles. The van der Waals surface area contributed by atoms with Crippen LogP contribution in [0.25, 0.3) is 0 Å². The highest BCUT2D eigenvalue weighted by molar-refractivity contribution is 5.97. The van der Waals surface area contributed by atoms with Gasteiger partial charge in [0.15, 0.2) is 5.78 Å². The molecule has 0 aliphatic heterocycles. The molecule has 0 fully saturated rings. The van der Waals surface area contributed by atoms with Crippen LogP contribution >= 0.6 is 0 Å². The van der Waals surface area contributed by atoms with Crippen LogP contribution in [0.15, 0.2) is 18.2 Å². The minimum Gasteiger partial charge on any atom is -0.385 e. The first kappa shape index (κ1) is 13.7. The van der Waals surface area contributed by atoms with Crippen molar-refractivity contribution in [2.45, 2.75) is 6.42 Å². The average Bonchev–Trinajstić information content (AvgIpc) is 2.28. The highest BCUT2D eigenvalue weighted by atomic mass is 19.1. The molecule has 3 nitrogen and oxygen atoms in total. The van der Waals surface area contributed by atoms with Crippen molar-refractivity contribution in [3.05, 3.63) is 35.4 Å². The molecule has 0 heterocycles. The number of methoxy groups -OCH3 is 1. The van der Waals surface area contributed by atoms with Gasteiger partial charge in [-0.2, -0.15) is 0 Å². The molecule has 0 amide bonds. The van der Waals surface area contributed by atoms with Gasteiger partial charge in [-0.05, 0) is 18.6 Å². The van der Waals surface area contributed by atoms with Crippen molar-refractivity contribution >= 4 is 5.78 Å². The van der Waals surface area contributed by atoms with E-state index in [1.807, 2.05) is 0 Å². The van der Waals surface area contributed by atoms with Gasteiger partial charge in [0.25, 0.3) is 0 Å². The molecule has 0 saturated heterocycles. The predicted octanol–water partition coefficient (Wildman–Crippen LogP) is 2.20. The lowest BCUT2D eigenvalue weighted by Gasteiger charge is -2.04. The minimum absolute atomic E-state index is 0.154. The fraction of sp³-hybridized carbons (Fsp3) is 0.417. The lowest BCUT2D eigenvalue weighted by molar-refractivity contribution is 0.0701. The van der Waals surface area contributed by atoms with Gasteiger partial charge in [-0.1, -0.05) is 0 Å². The Balaban J connectivity index is 2.42. The third-order valence-corrected chi connectivity index (χ3v) is 2.10. The molecule has 0 aliphatic carbocycles. The topological polar surface area (TPSA) is 35.5 Å². The minimum atomic E-state index is -0.865. The SMILES string of the molecule is COCCCOCC(=O)c1ccc(F)cc1F. The fourth-order valence-corrected chi connectivity index (χ4v) is 1.26. The summed E-state index contributed by atoms with van der Waals surface area (Å²) in [6.07, 6.45) is 0.662. The van der Waals surface area contributed by atoms with Gasteiger partial charge in [-0.15, -0.1) is 0 Å². The highest BCUT2D eigenvalue weighted by Gasteiger charge is 2.12. The van der Waals surface area contributed by atoms with Gasteiger partial charge in [0.2, 0.25) is 0 Å². The Kier molecular flexibility index (Phi) is 5.72. The number of benzene rings is 1. The van der Waals surface area contributed by atoms with Crippen LogP contribution < -0.4 is 0 Å². The Morgan fingerprint density at radius 3 is 2.71 bits per heavy atom. The molecule has 0 spiro atoms. The van der Waals surface area contributed by atoms with Crippen molar-refractivity contribution in [2.24, 2.45) is 0 Å². The van der Waals surface area contributed by atoms with E-state index < -0.39 is 17.4 Å². The lowest BCUT2D eigenvalue weighted by Crippen LogP contribution is -2.12. The maximum atomic E-state index is 13.2. The molecule has 0 unspecified atom stereocenters. The van der Waals surface area contributed by atoms with E-state index in [1.54, 1.807) is 7.11 Å². The molecule has 94 valence electrons. The van der Waals surface area contributed by atoms with Crippen LogP contribution in [-0.2, 0) is 9.47 Å². The van der Waals surface area contributed by atoms with Crippen molar-refractivity contribution in [3.8, 4) is 0 Å². The molecule has 1 aromatic rings. The van der Waals surface area contributed by atoms with E-state index in [2.05, 4.69) is 0 Å². The average molecular weight is 244 g/mol. The molecular formula is C12H14F2O3. The largest absolute Gasteiger partial charge is 0.385 e. The van der Waals surface area contributed by atoms with Crippen LogP contribution in [0.1, 0.15) is 16.8 Å². The molecule has 0 atom stereocenters. The quantitative estimate of drug-likeness (QED) is 0.545. The van der Waals surface area contributed by atoms with E-state index in [9.17, 15) is 13.6 Å². The van der Waals surface area contributed by atoms with Gasteiger partial charge in [-0.3, -0.25) is 4.79 Å². The number of carbonyl (C=O) groups is 1. The zero-order chi connectivity index (χ0) is 12.7. The maximum absolute atomic E-state index is 13.2. The zero-order valence-corrected chi connectivity index (χ0v) is 9.54. The van der Waals surface area contributed by atoms with E-state index in [0.717, 1.165) is 12.1 Å². The molecule has 0 bridgehead atoms. The third-order valence-electron chi connectivity index (χ3n) is 2.10. The Morgan fingerprint density at radius 2 is 2.06 bits per heavy atom. The highest BCUT2D eigenvalue weighted by Crippen LogP contribution is 2.10. The second-order valence-electron chi connectivity index (χ2n) is 3.45. The number of ketones is 1. The van der Waals surface area contributed by atoms with Crippen LogP contribution in [0.2, 0.25) is 0 Å². The van der Waals surface area contributed by atoms with E-state index in [1.165, 1.54) is 0 Å². The van der Waals surface area contributed by atoms with Gasteiger partial charge in [0, 0.05) is 26.4 Å². The van der Waals surface area contributed by atoms with Crippen LogP contribution in [0.5, 0.6) is 0 Å². The molecule has 5 heteroatoms. The zero-order valence-electron chi connectivity index (χ0n) is 9.54. The number of ether oxygens (including phenoxy) is 2. The van der Waals surface area contributed by atoms with Crippen molar-refractivity contribution < 1.29 is 23.0 Å². The molecule has 0 radical (unpaired) electrons. The molecule has 1 rings (SSSR count). The summed E-state index contributed by atoms with van der Waals surface area (Å²) in [5, 5.41) is 0. The first-order chi connectivity index (χ1) is 8.15. The number of hydrogen-bond donors (Lipinski definition) is 0. The van der Waals surface area contributed by atoms with E-state index >= 15 is 0 Å². The van der Waals surface area contributed by atoms with Gasteiger partial charge >= 0.3 is 0 Å². The molecule has 0 N–H and O–H groups in total. The summed E-state index contributed by atoms with van der Waals surface area (Å²) in [4.78, 5) is 11.5. The fourth-order valence-electron chi connectivity index (χ4n) is 1.26. The summed E-state index contributed by atoms with van der Waals surface area (Å²) >= 11 is 0. The summed E-state index contributed by atoms with van der Waals surface area (Å²) < 4.78 is 35.6. The van der Waals surface area contributed by atoms with Crippen molar-refractivity contribution in [1.82, 2.24) is 0 Å². The molecule has 0 aliphatic rings. The van der Waals surface area contributed by atoms with Crippen molar-refractivity contribution in [2.75, 3.05) is 26.9 Å². The second kappa shape index (κ2) is 7.09. The number of rotatable bonds is 7. The normalized spacial score (nSPS) is 10.5. The van der Waals surface area contributed by atoms with Crippen molar-refractivity contribution in [3.63, 3.8) is 0 Å². The third kappa shape index (κ3) is 4.58. The Hall–Kier alpha value is -1.33. The summed E-state index contributed by atoms with van der Waals surface area (Å²) in [5.41, 5.74) is -0.154. The monoisotopic (exact) mass is 244 g/mol. The first-order valence-electron chi connectivity index (χ1n) is 5.20. The van der Waals surface area contributed by atoms with Crippen LogP contribution in [0.3, 0.4) is 0 Å². The first-order valence-corrected chi connectivity index (χ1v) is 5.20. The summed E-state index contributed by atoms with van der Waals surface area (Å²) in [6.45, 7) is 0.688. The second-order valence-corrected chi connectivity index (χ2v) is 3.45. The number of hydrogen-bond acceptors (Lipinski definition) is 3. The van der Waals surface area contributed by atoms with Gasteiger partial charge in [0.1, 0.15) is 18.2 Å². The molecular weight excluding hydrogens is 230 g/mol. The standard InChI is InChI=1S/C12H14F2O3/c1-16-5-2-6-17-8-12(15)10-4-3-9(13)7-11(10)14/h3-4,7H,2,5-6,8H2,1H3. The van der Waals surface area contributed by atoms with Gasteiger partial charge in [0.05, 0.1) is 5.56 Å². The van der Waals surface area contributed by atoms with E-state index in [-0.39, 0.29) is 12.2 Å². The van der Waals surface area contributed by atoms with E-state index in [4.69, 9.17) is 9.47 Å². The molecule has 17 heavy (non-hydrogen) atoms. The van der Waals surface area contributed by atoms with Crippen LogP contribution in [-0.4, -0.2) is 32.7 Å². The smallest absolute Gasteiger partial charge is 0.191 e. The van der Waals surface area contributed by atoms with Crippen LogP contribution in [0, 0.1) is 11.6 Å². The predicted molar refractivity (Wildman–Crippen MR) is 58.0 cm³/mol. The summed E-state index contributed by atoms with van der Waals surface area (Å²) in [6, 6.07) is 2.84. The number of halogens is 2. The number of Topliss-reactive ketones (excluding diaryl/α,β-unsaturated/α-hetero) is 1.